The molecule has 2 aliphatic heterocycles. The average Bonchev–Trinajstić information content (AvgIpc) is 3.71. The minimum absolute atomic E-state index is 0.499. The van der Waals surface area contributed by atoms with Crippen LogP contribution in [-0.2, 0) is 10.3 Å². The standard InChI is InChI=1S/C27H37N7O/c1-19(2)11-30-23-4-3-9-34(16-23)24-7-8-26(31-14-24)27(17-35-18-27)32-15-25(33-28)22-10-21(12-29-13-22)20-5-6-20/h7-8,10,12-15,19-20,23,30H,3-6,9,11,16-18,28H2,1-2H3/b32-15?,33-25+/t23-/m1/s1. The van der Waals surface area contributed by atoms with Crippen LogP contribution < -0.4 is 16.1 Å². The van der Waals surface area contributed by atoms with E-state index in [1.807, 2.05) is 12.4 Å². The van der Waals surface area contributed by atoms with E-state index < -0.39 is 5.54 Å². The fourth-order valence-electron chi connectivity index (χ4n) is 4.82. The Bertz CT molecular complexity index is 1060. The summed E-state index contributed by atoms with van der Waals surface area (Å²) in [4.78, 5) is 16.5. The number of hydrogen-bond donors (Lipinski definition) is 2. The van der Waals surface area contributed by atoms with Crippen molar-refractivity contribution in [2.45, 2.75) is 57.0 Å². The van der Waals surface area contributed by atoms with Crippen LogP contribution in [0.1, 0.15) is 62.3 Å². The lowest BCUT2D eigenvalue weighted by molar-refractivity contribution is -0.0570. The molecule has 2 aromatic heterocycles. The maximum atomic E-state index is 5.74. The quantitative estimate of drug-likeness (QED) is 0.328. The van der Waals surface area contributed by atoms with Crippen molar-refractivity contribution in [3.05, 3.63) is 53.6 Å². The first-order valence-corrected chi connectivity index (χ1v) is 12.9. The molecular formula is C27H37N7O. The molecule has 3 fully saturated rings. The van der Waals surface area contributed by atoms with Gasteiger partial charge in [-0.05, 0) is 67.8 Å². The molecule has 1 aliphatic carbocycles. The Labute approximate surface area is 208 Å². The summed E-state index contributed by atoms with van der Waals surface area (Å²) < 4.78 is 5.57. The molecule has 1 atom stereocenters. The fraction of sp³-hybridized carbons (Fsp3) is 0.556. The highest BCUT2D eigenvalue weighted by Crippen LogP contribution is 2.40. The van der Waals surface area contributed by atoms with Crippen molar-refractivity contribution < 1.29 is 4.74 Å². The van der Waals surface area contributed by atoms with Crippen molar-refractivity contribution in [1.82, 2.24) is 15.3 Å². The number of hydrogen-bond acceptors (Lipinski definition) is 8. The number of ether oxygens (including phenoxy) is 1. The molecule has 0 aromatic carbocycles. The van der Waals surface area contributed by atoms with Crippen molar-refractivity contribution in [3.8, 4) is 0 Å². The van der Waals surface area contributed by atoms with Gasteiger partial charge >= 0.3 is 0 Å². The van der Waals surface area contributed by atoms with E-state index in [1.165, 1.54) is 31.2 Å². The van der Waals surface area contributed by atoms with Crippen molar-refractivity contribution in [3.63, 3.8) is 0 Å². The first-order valence-electron chi connectivity index (χ1n) is 12.9. The Kier molecular flexibility index (Phi) is 7.11. The Morgan fingerprint density at radius 3 is 2.77 bits per heavy atom. The van der Waals surface area contributed by atoms with Crippen molar-refractivity contribution in [2.24, 2.45) is 21.9 Å². The summed E-state index contributed by atoms with van der Waals surface area (Å²) in [5.74, 6) is 7.02. The van der Waals surface area contributed by atoms with Crippen LogP contribution in [0.3, 0.4) is 0 Å². The number of nitrogens with one attached hydrogen (secondary N) is 1. The SMILES string of the molecule is CC(C)CN[C@@H]1CCCN(c2ccc(C3(N=C/C(=N\N)c4cncc(C5CC5)c4)COC3)nc2)C1. The molecule has 0 spiro atoms. The molecule has 0 radical (unpaired) electrons. The maximum absolute atomic E-state index is 5.74. The number of anilines is 1. The van der Waals surface area contributed by atoms with E-state index in [0.717, 1.165) is 36.6 Å². The maximum Gasteiger partial charge on any atom is 0.149 e. The van der Waals surface area contributed by atoms with Gasteiger partial charge in [0.05, 0.1) is 37.0 Å². The minimum atomic E-state index is -0.501. The monoisotopic (exact) mass is 475 g/mol. The van der Waals surface area contributed by atoms with Crippen LogP contribution in [-0.4, -0.2) is 60.8 Å². The molecule has 0 bridgehead atoms. The third kappa shape index (κ3) is 5.54. The van der Waals surface area contributed by atoms with Crippen LogP contribution in [0.25, 0.3) is 0 Å². The molecule has 35 heavy (non-hydrogen) atoms. The number of rotatable bonds is 9. The third-order valence-corrected chi connectivity index (χ3v) is 7.18. The molecule has 2 aromatic rings. The Morgan fingerprint density at radius 1 is 1.26 bits per heavy atom. The third-order valence-electron chi connectivity index (χ3n) is 7.18. The van der Waals surface area contributed by atoms with E-state index in [9.17, 15) is 0 Å². The van der Waals surface area contributed by atoms with Crippen LogP contribution in [0.15, 0.2) is 46.9 Å². The molecule has 4 heterocycles. The molecule has 3 aliphatic rings. The molecule has 8 heteroatoms. The Balaban J connectivity index is 1.28. The zero-order valence-electron chi connectivity index (χ0n) is 20.9. The number of pyridine rings is 2. The van der Waals surface area contributed by atoms with E-state index in [4.69, 9.17) is 20.6 Å². The van der Waals surface area contributed by atoms with Gasteiger partial charge in [-0.25, -0.2) is 0 Å². The van der Waals surface area contributed by atoms with Gasteiger partial charge in [0.25, 0.3) is 0 Å². The topological polar surface area (TPSA) is 101 Å². The highest BCUT2D eigenvalue weighted by atomic mass is 16.5. The van der Waals surface area contributed by atoms with Gasteiger partial charge in [0.15, 0.2) is 0 Å². The predicted molar refractivity (Wildman–Crippen MR) is 140 cm³/mol. The second-order valence-corrected chi connectivity index (χ2v) is 10.6. The number of piperidine rings is 1. The summed E-state index contributed by atoms with van der Waals surface area (Å²) in [6.45, 7) is 8.65. The lowest BCUT2D eigenvalue weighted by Crippen LogP contribution is -2.47. The van der Waals surface area contributed by atoms with Crippen molar-refractivity contribution in [1.29, 1.82) is 0 Å². The molecule has 0 amide bonds. The van der Waals surface area contributed by atoms with Crippen molar-refractivity contribution in [2.75, 3.05) is 37.7 Å². The lowest BCUT2D eigenvalue weighted by atomic mass is 9.93. The number of aliphatic imine (C=N–C) groups is 1. The summed E-state index contributed by atoms with van der Waals surface area (Å²) in [6, 6.07) is 6.92. The predicted octanol–water partition coefficient (Wildman–Crippen LogP) is 3.23. The summed E-state index contributed by atoms with van der Waals surface area (Å²) in [7, 11) is 0. The lowest BCUT2D eigenvalue weighted by Gasteiger charge is -2.38. The second kappa shape index (κ2) is 10.4. The fourth-order valence-corrected chi connectivity index (χ4v) is 4.82. The van der Waals surface area contributed by atoms with E-state index in [2.05, 4.69) is 52.3 Å². The zero-order chi connectivity index (χ0) is 24.3. The van der Waals surface area contributed by atoms with Crippen molar-refractivity contribution >= 4 is 17.6 Å². The average molecular weight is 476 g/mol. The zero-order valence-corrected chi connectivity index (χ0v) is 20.9. The van der Waals surface area contributed by atoms with Gasteiger partial charge in [0, 0.05) is 37.1 Å². The van der Waals surface area contributed by atoms with Crippen LogP contribution in [0.2, 0.25) is 0 Å². The highest BCUT2D eigenvalue weighted by Gasteiger charge is 2.41. The summed E-state index contributed by atoms with van der Waals surface area (Å²) >= 11 is 0. The molecular weight excluding hydrogens is 438 g/mol. The van der Waals surface area contributed by atoms with Crippen LogP contribution >= 0.6 is 0 Å². The smallest absolute Gasteiger partial charge is 0.149 e. The van der Waals surface area contributed by atoms with E-state index in [1.54, 1.807) is 12.4 Å². The number of hydrazone groups is 1. The van der Waals surface area contributed by atoms with Gasteiger partial charge in [0.2, 0.25) is 0 Å². The number of aromatic nitrogens is 2. The van der Waals surface area contributed by atoms with Gasteiger partial charge in [-0.3, -0.25) is 15.0 Å². The van der Waals surface area contributed by atoms with Crippen LogP contribution in [0.4, 0.5) is 5.69 Å². The van der Waals surface area contributed by atoms with Crippen LogP contribution in [0.5, 0.6) is 0 Å². The number of nitrogens with two attached hydrogens (primary N) is 1. The Morgan fingerprint density at radius 2 is 2.11 bits per heavy atom. The molecule has 5 rings (SSSR count). The molecule has 8 nitrogen and oxygen atoms in total. The second-order valence-electron chi connectivity index (χ2n) is 10.6. The Hall–Kier alpha value is -2.84. The summed E-state index contributed by atoms with van der Waals surface area (Å²) in [5, 5.41) is 7.71. The summed E-state index contributed by atoms with van der Waals surface area (Å²) in [5.41, 5.74) is 4.34. The minimum Gasteiger partial charge on any atom is -0.375 e. The molecule has 3 N–H and O–H groups in total. The van der Waals surface area contributed by atoms with Gasteiger partial charge in [0.1, 0.15) is 11.3 Å². The largest absolute Gasteiger partial charge is 0.375 e. The molecule has 1 saturated carbocycles. The van der Waals surface area contributed by atoms with E-state index in [0.29, 0.717) is 36.8 Å². The summed E-state index contributed by atoms with van der Waals surface area (Å²) in [6.07, 6.45) is 12.3. The van der Waals surface area contributed by atoms with Crippen LogP contribution in [0, 0.1) is 5.92 Å². The van der Waals surface area contributed by atoms with E-state index in [-0.39, 0.29) is 0 Å². The van der Waals surface area contributed by atoms with Gasteiger partial charge in [-0.15, -0.1) is 0 Å². The molecule has 186 valence electrons. The molecule has 0 unspecified atom stereocenters. The highest BCUT2D eigenvalue weighted by molar-refractivity contribution is 6.38. The molecule has 2 saturated heterocycles. The normalized spacial score (nSPS) is 22.5. The van der Waals surface area contributed by atoms with Gasteiger partial charge in [-0.1, -0.05) is 13.8 Å². The van der Waals surface area contributed by atoms with Gasteiger partial charge < -0.3 is 20.8 Å². The van der Waals surface area contributed by atoms with E-state index >= 15 is 0 Å². The van der Waals surface area contributed by atoms with Gasteiger partial charge in [-0.2, -0.15) is 5.10 Å². The first-order chi connectivity index (χ1) is 17.1. The number of nitrogens with zero attached hydrogens (tertiary/aromatic N) is 5. The first kappa shape index (κ1) is 23.9.